The number of carbonyl (C=O) groups excluding carboxylic acids is 2. The number of nitro benzene ring substituents is 1. The summed E-state index contributed by atoms with van der Waals surface area (Å²) in [7, 11) is 0. The van der Waals surface area contributed by atoms with Crippen molar-refractivity contribution in [3.05, 3.63) is 70.0 Å². The first-order valence-electron chi connectivity index (χ1n) is 11.2. The fraction of sp³-hybridized carbons (Fsp3) is 0.417. The molecule has 0 unspecified atom stereocenters. The molecule has 1 N–H and O–H groups in total. The van der Waals surface area contributed by atoms with E-state index in [2.05, 4.69) is 10.2 Å². The molecule has 0 aliphatic carbocycles. The number of nitrogens with one attached hydrogen (secondary N) is 1. The Labute approximate surface area is 191 Å². The van der Waals surface area contributed by atoms with Crippen molar-refractivity contribution in [2.45, 2.75) is 31.7 Å². The van der Waals surface area contributed by atoms with Gasteiger partial charge < -0.3 is 15.1 Å². The van der Waals surface area contributed by atoms with Gasteiger partial charge in [-0.15, -0.1) is 0 Å². The highest BCUT2D eigenvalue weighted by molar-refractivity contribution is 5.95. The molecule has 0 bridgehead atoms. The van der Waals surface area contributed by atoms with E-state index < -0.39 is 4.92 Å². The van der Waals surface area contributed by atoms with Gasteiger partial charge in [-0.3, -0.25) is 19.7 Å². The molecule has 2 aliphatic rings. The summed E-state index contributed by atoms with van der Waals surface area (Å²) in [5.74, 6) is -0.604. The maximum Gasteiger partial charge on any atom is 0.270 e. The zero-order chi connectivity index (χ0) is 23.4. The number of hydrogen-bond donors (Lipinski definition) is 1. The molecular formula is C24H27FN4O4. The fourth-order valence-electron chi connectivity index (χ4n) is 4.67. The van der Waals surface area contributed by atoms with Crippen LogP contribution in [0.5, 0.6) is 0 Å². The second kappa shape index (κ2) is 10.1. The molecule has 2 heterocycles. The monoisotopic (exact) mass is 454 g/mol. The van der Waals surface area contributed by atoms with Gasteiger partial charge in [0.1, 0.15) is 5.82 Å². The van der Waals surface area contributed by atoms with Gasteiger partial charge in [-0.2, -0.15) is 0 Å². The molecule has 33 heavy (non-hydrogen) atoms. The number of carbonyl (C=O) groups is 2. The lowest BCUT2D eigenvalue weighted by Gasteiger charge is -2.41. The van der Waals surface area contributed by atoms with E-state index in [0.29, 0.717) is 30.4 Å². The van der Waals surface area contributed by atoms with Gasteiger partial charge in [-0.05, 0) is 69.1 Å². The molecule has 4 rings (SSSR count). The van der Waals surface area contributed by atoms with Gasteiger partial charge in [-0.25, -0.2) is 4.39 Å². The van der Waals surface area contributed by atoms with E-state index in [4.69, 9.17) is 0 Å². The second-order valence-electron chi connectivity index (χ2n) is 8.64. The van der Waals surface area contributed by atoms with E-state index >= 15 is 0 Å². The number of likely N-dealkylation sites (tertiary alicyclic amines) is 2. The van der Waals surface area contributed by atoms with Crippen LogP contribution in [0.1, 0.15) is 36.0 Å². The molecule has 2 aromatic carbocycles. The third-order valence-corrected chi connectivity index (χ3v) is 6.58. The maximum absolute atomic E-state index is 13.0. The van der Waals surface area contributed by atoms with Crippen molar-refractivity contribution < 1.29 is 18.9 Å². The smallest absolute Gasteiger partial charge is 0.270 e. The number of rotatable bonds is 5. The summed E-state index contributed by atoms with van der Waals surface area (Å²) in [5.41, 5.74) is 0.863. The average Bonchev–Trinajstić information content (AvgIpc) is 2.85. The van der Waals surface area contributed by atoms with Crippen molar-refractivity contribution in [1.82, 2.24) is 9.80 Å². The predicted octanol–water partition coefficient (Wildman–Crippen LogP) is 3.69. The van der Waals surface area contributed by atoms with Gasteiger partial charge in [0.25, 0.3) is 11.6 Å². The van der Waals surface area contributed by atoms with Crippen LogP contribution in [0.3, 0.4) is 0 Å². The highest BCUT2D eigenvalue weighted by Gasteiger charge is 2.32. The standard InChI is InChI=1S/C24H27FN4O4/c25-19-4-6-20(7-5-19)26-23(30)17-8-12-27(13-9-17)21-10-14-28(15-11-21)24(31)18-2-1-3-22(16-18)29(32)33/h1-7,16-17,21H,8-15H2,(H,26,30). The summed E-state index contributed by atoms with van der Waals surface area (Å²) >= 11 is 0. The van der Waals surface area contributed by atoms with E-state index in [1.54, 1.807) is 23.1 Å². The summed E-state index contributed by atoms with van der Waals surface area (Å²) in [6, 6.07) is 12.0. The van der Waals surface area contributed by atoms with Crippen LogP contribution in [0, 0.1) is 21.8 Å². The summed E-state index contributed by atoms with van der Waals surface area (Å²) in [4.78, 5) is 40.0. The van der Waals surface area contributed by atoms with Crippen LogP contribution in [-0.4, -0.2) is 58.8 Å². The second-order valence-corrected chi connectivity index (χ2v) is 8.64. The van der Waals surface area contributed by atoms with Gasteiger partial charge in [0.2, 0.25) is 5.91 Å². The molecule has 2 fully saturated rings. The van der Waals surface area contributed by atoms with Crippen molar-refractivity contribution in [3.63, 3.8) is 0 Å². The minimum atomic E-state index is -0.493. The van der Waals surface area contributed by atoms with Crippen molar-refractivity contribution >= 4 is 23.2 Å². The number of nitrogens with zero attached hydrogens (tertiary/aromatic N) is 3. The lowest BCUT2D eigenvalue weighted by atomic mass is 9.92. The van der Waals surface area contributed by atoms with E-state index in [0.717, 1.165) is 38.8 Å². The van der Waals surface area contributed by atoms with Crippen molar-refractivity contribution in [1.29, 1.82) is 0 Å². The van der Waals surface area contributed by atoms with Crippen LogP contribution in [-0.2, 0) is 4.79 Å². The van der Waals surface area contributed by atoms with Crippen LogP contribution in [0.2, 0.25) is 0 Å². The molecule has 0 aromatic heterocycles. The normalized spacial score (nSPS) is 18.2. The first-order valence-corrected chi connectivity index (χ1v) is 11.2. The lowest BCUT2D eigenvalue weighted by Crippen LogP contribution is -2.49. The van der Waals surface area contributed by atoms with Gasteiger partial charge in [0.05, 0.1) is 4.92 Å². The average molecular weight is 455 g/mol. The molecule has 9 heteroatoms. The first kappa shape index (κ1) is 22.8. The highest BCUT2D eigenvalue weighted by Crippen LogP contribution is 2.26. The summed E-state index contributed by atoms with van der Waals surface area (Å²) in [5, 5.41) is 13.8. The number of hydrogen-bond acceptors (Lipinski definition) is 5. The number of piperidine rings is 2. The molecule has 0 radical (unpaired) electrons. The van der Waals surface area contributed by atoms with Crippen LogP contribution < -0.4 is 5.32 Å². The van der Waals surface area contributed by atoms with Crippen LogP contribution in [0.4, 0.5) is 15.8 Å². The third-order valence-electron chi connectivity index (χ3n) is 6.58. The molecule has 174 valence electrons. The number of anilines is 1. The maximum atomic E-state index is 13.0. The number of benzene rings is 2. The lowest BCUT2D eigenvalue weighted by molar-refractivity contribution is -0.384. The van der Waals surface area contributed by atoms with E-state index in [1.807, 2.05) is 0 Å². The minimum Gasteiger partial charge on any atom is -0.339 e. The van der Waals surface area contributed by atoms with Crippen molar-refractivity contribution in [3.8, 4) is 0 Å². The molecular weight excluding hydrogens is 427 g/mol. The summed E-state index contributed by atoms with van der Waals surface area (Å²) in [6.45, 7) is 2.87. The zero-order valence-corrected chi connectivity index (χ0v) is 18.3. The Balaban J connectivity index is 1.24. The number of non-ortho nitro benzene ring substituents is 1. The third kappa shape index (κ3) is 5.54. The van der Waals surface area contributed by atoms with Gasteiger partial charge >= 0.3 is 0 Å². The Hall–Kier alpha value is -3.33. The highest BCUT2D eigenvalue weighted by atomic mass is 19.1. The van der Waals surface area contributed by atoms with E-state index in [9.17, 15) is 24.1 Å². The SMILES string of the molecule is O=C(Nc1ccc(F)cc1)C1CCN(C2CCN(C(=O)c3cccc([N+](=O)[O-])c3)CC2)CC1. The minimum absolute atomic E-state index is 0.0290. The van der Waals surface area contributed by atoms with Gasteiger partial charge in [0.15, 0.2) is 0 Å². The predicted molar refractivity (Wildman–Crippen MR) is 121 cm³/mol. The van der Waals surface area contributed by atoms with E-state index in [1.165, 1.54) is 30.3 Å². The van der Waals surface area contributed by atoms with Gasteiger partial charge in [0, 0.05) is 48.4 Å². The molecule has 0 saturated carbocycles. The molecule has 2 amide bonds. The number of amides is 2. The Morgan fingerprint density at radius 2 is 1.64 bits per heavy atom. The number of nitro groups is 1. The van der Waals surface area contributed by atoms with Crippen LogP contribution >= 0.6 is 0 Å². The number of halogens is 1. The quantitative estimate of drug-likeness (QED) is 0.549. The molecule has 2 aromatic rings. The Kier molecular flexibility index (Phi) is 6.98. The van der Waals surface area contributed by atoms with Crippen molar-refractivity contribution in [2.24, 2.45) is 5.92 Å². The first-order chi connectivity index (χ1) is 15.9. The summed E-state index contributed by atoms with van der Waals surface area (Å²) < 4.78 is 13.0. The summed E-state index contributed by atoms with van der Waals surface area (Å²) in [6.07, 6.45) is 3.21. The molecule has 0 spiro atoms. The largest absolute Gasteiger partial charge is 0.339 e. The Morgan fingerprint density at radius 3 is 2.27 bits per heavy atom. The topological polar surface area (TPSA) is 95.8 Å². The van der Waals surface area contributed by atoms with Crippen molar-refractivity contribution in [2.75, 3.05) is 31.5 Å². The van der Waals surface area contributed by atoms with E-state index in [-0.39, 0.29) is 29.2 Å². The molecule has 8 nitrogen and oxygen atoms in total. The molecule has 2 aliphatic heterocycles. The van der Waals surface area contributed by atoms with Crippen LogP contribution in [0.15, 0.2) is 48.5 Å². The molecule has 0 atom stereocenters. The molecule has 2 saturated heterocycles. The van der Waals surface area contributed by atoms with Gasteiger partial charge in [-0.1, -0.05) is 6.07 Å². The zero-order valence-electron chi connectivity index (χ0n) is 18.3. The Bertz CT molecular complexity index is 1010. The fourth-order valence-corrected chi connectivity index (χ4v) is 4.67. The Morgan fingerprint density at radius 1 is 0.970 bits per heavy atom. The van der Waals surface area contributed by atoms with Crippen LogP contribution in [0.25, 0.3) is 0 Å².